The van der Waals surface area contributed by atoms with E-state index in [4.69, 9.17) is 0 Å². The molecule has 132 heavy (non-hydrogen) atoms. The molecule has 0 aliphatic heterocycles. The molecule has 0 unspecified atom stereocenters. The molecule has 3 heterocycles. The van der Waals surface area contributed by atoms with E-state index in [-0.39, 0.29) is 107 Å². The molecular formula is C113H132F5N3O11. The van der Waals surface area contributed by atoms with E-state index in [2.05, 4.69) is 52.7 Å². The number of aryl methyl sites for hydroxylation is 17. The average molecular weight is 1800 g/mol. The van der Waals surface area contributed by atoms with Gasteiger partial charge in [-0.05, 0) is 307 Å². The number of allylic oxidation sites excluding steroid dienone is 1. The van der Waals surface area contributed by atoms with E-state index in [9.17, 15) is 74.7 Å². The molecule has 14 nitrogen and oxygen atoms in total. The minimum Gasteiger partial charge on any atom is -0.295 e. The molecule has 19 heteroatoms. The zero-order valence-electron chi connectivity index (χ0n) is 80.6. The van der Waals surface area contributed by atoms with Crippen LogP contribution >= 0.6 is 0 Å². The second-order valence-electron chi connectivity index (χ2n) is 31.5. The van der Waals surface area contributed by atoms with Gasteiger partial charge in [0.1, 0.15) is 40.4 Å². The standard InChI is InChI=1S/3C10H12O.C10H12.4C9H9FO.2C9H11NO.C9H10O.C8H8FNO.2CH4/c1-7-4-5-10(9(3)11)6-8(7)2;2*1-7-4-5-10(9(3)11)8(2)6-7;1-8(2)10-6-4-9(3)5-7-10;2*1-6-3-4-8(7(2)11)5-9(6)10;2*1-6-3-4-8(7(2)11)9(10)5-6;1-6-4-9(8(3)11)10-5-7(6)2;1-6-4-5-9(8(3)11)10-7(6)2;1-7-3-5-9(6-4-7)8(2)10;1-5-3-4-7(6(2)11)10-8(5)9;;/h3*4-6H,1-3H3;4-7H,1H2,2-3H3;4*3-5H,1-2H3;2*4-5H,1-3H3;3-6H,1-2H3;3-4H,1-2H3;2*1H4. The summed E-state index contributed by atoms with van der Waals surface area (Å²) in [5.41, 5.74) is 25.0. The molecule has 0 aliphatic rings. The first kappa shape index (κ1) is 120. The van der Waals surface area contributed by atoms with Crippen LogP contribution in [0.15, 0.2) is 219 Å². The van der Waals surface area contributed by atoms with Gasteiger partial charge in [0.05, 0.1) is 11.1 Å². The van der Waals surface area contributed by atoms with E-state index >= 15 is 0 Å². The first-order chi connectivity index (χ1) is 60.5. The highest BCUT2D eigenvalue weighted by Crippen LogP contribution is 2.19. The molecule has 0 saturated heterocycles. The topological polar surface area (TPSA) is 226 Å². The summed E-state index contributed by atoms with van der Waals surface area (Å²) in [6.45, 7) is 54.6. The molecule has 0 saturated carbocycles. The van der Waals surface area contributed by atoms with Crippen LogP contribution in [0.5, 0.6) is 0 Å². The molecule has 3 aromatic heterocycles. The summed E-state index contributed by atoms with van der Waals surface area (Å²) in [6, 6.07) is 60.2. The van der Waals surface area contributed by atoms with Crippen molar-refractivity contribution in [3.8, 4) is 0 Å². The molecule has 0 fully saturated rings. The van der Waals surface area contributed by atoms with Gasteiger partial charge in [0.2, 0.25) is 5.95 Å². The number of Topliss-reactive ketones (excluding diaryl/α,β-unsaturated/α-hetero) is 11. The number of benzene rings is 9. The molecule has 0 spiro atoms. The summed E-state index contributed by atoms with van der Waals surface area (Å²) in [5.74, 6) is -2.40. The number of rotatable bonds is 12. The molecule has 0 aliphatic carbocycles. The third kappa shape index (κ3) is 45.4. The molecule has 9 aromatic carbocycles. The lowest BCUT2D eigenvalue weighted by molar-refractivity contribution is 0.0999. The van der Waals surface area contributed by atoms with Gasteiger partial charge in [0, 0.05) is 71.6 Å². The minimum absolute atomic E-state index is 0. The van der Waals surface area contributed by atoms with Crippen molar-refractivity contribution in [1.29, 1.82) is 0 Å². The fraction of sp³-hybridized carbons (Fsp3) is 0.274. The number of hydrogen-bond acceptors (Lipinski definition) is 14. The van der Waals surface area contributed by atoms with Crippen LogP contribution < -0.4 is 0 Å². The van der Waals surface area contributed by atoms with Gasteiger partial charge in [0.25, 0.3) is 0 Å². The average Bonchev–Trinajstić information content (AvgIpc) is 0.858. The van der Waals surface area contributed by atoms with Crippen molar-refractivity contribution < 1.29 is 74.7 Å². The highest BCUT2D eigenvalue weighted by atomic mass is 19.1. The van der Waals surface area contributed by atoms with Crippen molar-refractivity contribution in [2.24, 2.45) is 0 Å². The lowest BCUT2D eigenvalue weighted by Gasteiger charge is -2.01. The number of pyridine rings is 3. The predicted octanol–water partition coefficient (Wildman–Crippen LogP) is 28.9. The highest BCUT2D eigenvalue weighted by Gasteiger charge is 2.12. The van der Waals surface area contributed by atoms with Crippen LogP contribution in [0.25, 0.3) is 5.57 Å². The van der Waals surface area contributed by atoms with Crippen molar-refractivity contribution >= 4 is 69.2 Å². The maximum atomic E-state index is 12.9. The van der Waals surface area contributed by atoms with Crippen LogP contribution in [-0.4, -0.2) is 78.6 Å². The van der Waals surface area contributed by atoms with Crippen molar-refractivity contribution in [1.82, 2.24) is 15.0 Å². The fourth-order valence-corrected chi connectivity index (χ4v) is 10.8. The third-order valence-corrected chi connectivity index (χ3v) is 19.4. The van der Waals surface area contributed by atoms with E-state index < -0.39 is 17.6 Å². The van der Waals surface area contributed by atoms with Crippen molar-refractivity contribution in [2.75, 3.05) is 0 Å². The summed E-state index contributed by atoms with van der Waals surface area (Å²) < 4.78 is 64.0. The first-order valence-electron chi connectivity index (χ1n) is 41.7. The maximum Gasteiger partial charge on any atom is 0.216 e. The number of hydrogen-bond donors (Lipinski definition) is 0. The smallest absolute Gasteiger partial charge is 0.216 e. The second-order valence-corrected chi connectivity index (χ2v) is 31.5. The van der Waals surface area contributed by atoms with E-state index in [1.807, 2.05) is 174 Å². The summed E-state index contributed by atoms with van der Waals surface area (Å²) in [5, 5.41) is 0. The van der Waals surface area contributed by atoms with Crippen molar-refractivity contribution in [2.45, 2.75) is 216 Å². The second kappa shape index (κ2) is 60.1. The Labute approximate surface area is 780 Å². The van der Waals surface area contributed by atoms with Gasteiger partial charge in [-0.1, -0.05) is 195 Å². The third-order valence-electron chi connectivity index (χ3n) is 19.4. The van der Waals surface area contributed by atoms with E-state index in [1.54, 1.807) is 117 Å². The molecule has 700 valence electrons. The largest absolute Gasteiger partial charge is 0.295 e. The number of carbonyl (C=O) groups is 11. The van der Waals surface area contributed by atoms with Gasteiger partial charge in [-0.25, -0.2) is 27.5 Å². The van der Waals surface area contributed by atoms with Crippen LogP contribution in [0.3, 0.4) is 0 Å². The van der Waals surface area contributed by atoms with Crippen molar-refractivity contribution in [3.05, 3.63) is 410 Å². The quantitative estimate of drug-likeness (QED) is 0.0630. The van der Waals surface area contributed by atoms with Gasteiger partial charge in [-0.15, -0.1) is 0 Å². The van der Waals surface area contributed by atoms with Crippen molar-refractivity contribution in [3.63, 3.8) is 0 Å². The minimum atomic E-state index is -0.572. The Morgan fingerprint density at radius 3 is 0.795 bits per heavy atom. The molecule has 12 aromatic rings. The number of ketones is 11. The molecule has 0 radical (unpaired) electrons. The summed E-state index contributed by atoms with van der Waals surface area (Å²) in [6.07, 6.45) is 1.73. The van der Waals surface area contributed by atoms with Crippen LogP contribution in [0.4, 0.5) is 22.0 Å². The number of halogens is 5. The first-order valence-corrected chi connectivity index (χ1v) is 41.7. The van der Waals surface area contributed by atoms with Crippen LogP contribution in [0, 0.1) is 147 Å². The Balaban J connectivity index is 0. The van der Waals surface area contributed by atoms with Crippen LogP contribution in [-0.2, 0) is 0 Å². The van der Waals surface area contributed by atoms with E-state index in [0.717, 1.165) is 72.5 Å². The van der Waals surface area contributed by atoms with Crippen LogP contribution in [0.2, 0.25) is 0 Å². The number of carbonyl (C=O) groups excluding carboxylic acids is 11. The molecule has 0 bridgehead atoms. The maximum absolute atomic E-state index is 12.9. The summed E-state index contributed by atoms with van der Waals surface area (Å²) in [7, 11) is 0. The van der Waals surface area contributed by atoms with Gasteiger partial charge in [-0.3, -0.25) is 57.7 Å². The lowest BCUT2D eigenvalue weighted by Crippen LogP contribution is -1.99. The Morgan fingerprint density at radius 2 is 0.508 bits per heavy atom. The monoisotopic (exact) mass is 1800 g/mol. The summed E-state index contributed by atoms with van der Waals surface area (Å²) in [4.78, 5) is 131. The zero-order valence-corrected chi connectivity index (χ0v) is 80.6. The molecule has 12 rings (SSSR count). The number of aromatic nitrogens is 3. The predicted molar refractivity (Wildman–Crippen MR) is 529 cm³/mol. The van der Waals surface area contributed by atoms with E-state index in [1.165, 1.54) is 130 Å². The van der Waals surface area contributed by atoms with E-state index in [0.29, 0.717) is 39.2 Å². The van der Waals surface area contributed by atoms with Gasteiger partial charge < -0.3 is 0 Å². The Morgan fingerprint density at radius 1 is 0.220 bits per heavy atom. The Hall–Kier alpha value is -13.8. The van der Waals surface area contributed by atoms with Gasteiger partial charge >= 0.3 is 0 Å². The Bertz CT molecular complexity index is 5210. The molecule has 0 N–H and O–H groups in total. The van der Waals surface area contributed by atoms with Gasteiger partial charge in [-0.2, -0.15) is 4.39 Å². The Kier molecular flexibility index (Phi) is 54.8. The molecule has 0 atom stereocenters. The highest BCUT2D eigenvalue weighted by molar-refractivity contribution is 5.99. The summed E-state index contributed by atoms with van der Waals surface area (Å²) >= 11 is 0. The molecular weight excluding hydrogens is 1670 g/mol. The molecule has 0 amide bonds. The van der Waals surface area contributed by atoms with Gasteiger partial charge in [0.15, 0.2) is 63.6 Å². The SMILES string of the molecule is C.C.C=C(C)c1ccc(C)cc1.CC(=O)c1cc(C)c(C)cn1.CC(=O)c1ccc(C)c(C)c1.CC(=O)c1ccc(C)c(C)n1.CC(=O)c1ccc(C)c(F)c1.CC(=O)c1ccc(C)c(F)c1.CC(=O)c1ccc(C)c(F)n1.CC(=O)c1ccc(C)cc1.CC(=O)c1ccc(C)cc1C.CC(=O)c1ccc(C)cc1C.CC(=O)c1ccc(C)cc1F.CC(=O)c1ccc(C)cc1F. The van der Waals surface area contributed by atoms with Crippen LogP contribution in [0.1, 0.15) is 313 Å². The zero-order chi connectivity index (χ0) is 99.4. The lowest BCUT2D eigenvalue weighted by atomic mass is 10.0. The normalized spacial score (nSPS) is 9.53. The number of nitrogens with zero attached hydrogens (tertiary/aromatic N) is 3. The fourth-order valence-electron chi connectivity index (χ4n) is 10.8.